The maximum Gasteiger partial charge on any atom is 0.230 e. The van der Waals surface area contributed by atoms with Crippen LogP contribution in [0.5, 0.6) is 0 Å². The first-order valence-electron chi connectivity index (χ1n) is 7.50. The van der Waals surface area contributed by atoms with Crippen molar-refractivity contribution in [3.63, 3.8) is 0 Å². The fraction of sp³-hybridized carbons (Fsp3) is 0.588. The molecule has 1 aromatic rings. The van der Waals surface area contributed by atoms with E-state index in [2.05, 4.69) is 43.1 Å². The number of amides is 1. The largest absolute Gasteiger partial charge is 0.369 e. The van der Waals surface area contributed by atoms with Gasteiger partial charge in [-0.1, -0.05) is 20.8 Å². The highest BCUT2D eigenvalue weighted by Crippen LogP contribution is 2.24. The first kappa shape index (κ1) is 16.5. The minimum absolute atomic E-state index is 0.0731. The molecule has 0 saturated heterocycles. The van der Waals surface area contributed by atoms with Gasteiger partial charge in [-0.05, 0) is 51.5 Å². The molecule has 0 aliphatic rings. The van der Waals surface area contributed by atoms with E-state index in [0.717, 1.165) is 18.7 Å². The van der Waals surface area contributed by atoms with E-state index in [-0.39, 0.29) is 11.3 Å². The molecule has 0 fully saturated rings. The van der Waals surface area contributed by atoms with Crippen LogP contribution in [-0.2, 0) is 4.79 Å². The third-order valence-corrected chi connectivity index (χ3v) is 3.92. The predicted molar refractivity (Wildman–Crippen MR) is 87.3 cm³/mol. The van der Waals surface area contributed by atoms with Gasteiger partial charge in [-0.2, -0.15) is 0 Å². The molecule has 0 heterocycles. The molecule has 0 unspecified atom stereocenters. The maximum atomic E-state index is 12.1. The summed E-state index contributed by atoms with van der Waals surface area (Å²) in [6.07, 6.45) is 0.827. The van der Waals surface area contributed by atoms with Crippen LogP contribution in [0.1, 0.15) is 48.0 Å². The average Bonchev–Trinajstić information content (AvgIpc) is 2.41. The van der Waals surface area contributed by atoms with Crippen LogP contribution in [0.2, 0.25) is 0 Å². The van der Waals surface area contributed by atoms with Crippen LogP contribution in [-0.4, -0.2) is 18.5 Å². The van der Waals surface area contributed by atoms with Crippen LogP contribution in [0.15, 0.2) is 24.3 Å². The Morgan fingerprint density at radius 1 is 1.20 bits per heavy atom. The van der Waals surface area contributed by atoms with E-state index in [1.807, 2.05) is 32.9 Å². The zero-order chi connectivity index (χ0) is 15.3. The average molecular weight is 276 g/mol. The molecule has 3 heteroatoms. The first-order chi connectivity index (χ1) is 9.31. The summed E-state index contributed by atoms with van der Waals surface area (Å²) in [6.45, 7) is 13.5. The van der Waals surface area contributed by atoms with E-state index in [1.54, 1.807) is 0 Å². The molecule has 1 rings (SSSR count). The zero-order valence-corrected chi connectivity index (χ0v) is 13.7. The molecule has 1 amide bonds. The number of rotatable bonds is 6. The summed E-state index contributed by atoms with van der Waals surface area (Å²) in [4.78, 5) is 14.4. The summed E-state index contributed by atoms with van der Waals surface area (Å²) >= 11 is 0. The quantitative estimate of drug-likeness (QED) is 0.840. The van der Waals surface area contributed by atoms with Crippen molar-refractivity contribution in [2.24, 2.45) is 5.41 Å². The van der Waals surface area contributed by atoms with Gasteiger partial charge in [0, 0.05) is 29.4 Å². The molecule has 0 spiro atoms. The topological polar surface area (TPSA) is 32.3 Å². The number of carbonyl (C=O) groups excluding carboxylic acids is 1. The van der Waals surface area contributed by atoms with Crippen molar-refractivity contribution >= 4 is 17.3 Å². The van der Waals surface area contributed by atoms with Gasteiger partial charge in [0.2, 0.25) is 5.91 Å². The summed E-state index contributed by atoms with van der Waals surface area (Å²) in [5.74, 6) is 0.0731. The van der Waals surface area contributed by atoms with Gasteiger partial charge in [0.05, 0.1) is 0 Å². The zero-order valence-electron chi connectivity index (χ0n) is 13.7. The van der Waals surface area contributed by atoms with E-state index >= 15 is 0 Å². The van der Waals surface area contributed by atoms with E-state index in [4.69, 9.17) is 0 Å². The second-order valence-electron chi connectivity index (χ2n) is 6.12. The Morgan fingerprint density at radius 3 is 2.15 bits per heavy atom. The lowest BCUT2D eigenvalue weighted by atomic mass is 9.89. The van der Waals surface area contributed by atoms with Gasteiger partial charge in [0.1, 0.15) is 0 Å². The van der Waals surface area contributed by atoms with Crippen LogP contribution in [0.4, 0.5) is 11.4 Å². The Morgan fingerprint density at radius 2 is 1.75 bits per heavy atom. The van der Waals surface area contributed by atoms with Crippen LogP contribution < -0.4 is 10.2 Å². The molecule has 20 heavy (non-hydrogen) atoms. The molecule has 0 bridgehead atoms. The predicted octanol–water partition coefficient (Wildman–Crippen LogP) is 4.30. The van der Waals surface area contributed by atoms with Crippen LogP contribution in [0.3, 0.4) is 0 Å². The fourth-order valence-electron chi connectivity index (χ4n) is 2.04. The smallest absolute Gasteiger partial charge is 0.230 e. The lowest BCUT2D eigenvalue weighted by Crippen LogP contribution is -2.31. The van der Waals surface area contributed by atoms with Crippen molar-refractivity contribution in [2.45, 2.75) is 54.0 Å². The number of carbonyl (C=O) groups is 1. The number of nitrogens with one attached hydrogen (secondary N) is 1. The van der Waals surface area contributed by atoms with Crippen molar-refractivity contribution < 1.29 is 4.79 Å². The summed E-state index contributed by atoms with van der Waals surface area (Å²) in [7, 11) is 0. The van der Waals surface area contributed by atoms with Gasteiger partial charge in [-0.3, -0.25) is 4.79 Å². The van der Waals surface area contributed by atoms with Gasteiger partial charge >= 0.3 is 0 Å². The minimum atomic E-state index is -0.327. The van der Waals surface area contributed by atoms with E-state index in [0.29, 0.717) is 6.04 Å². The Balaban J connectivity index is 2.79. The van der Waals surface area contributed by atoms with Gasteiger partial charge in [0.25, 0.3) is 0 Å². The summed E-state index contributed by atoms with van der Waals surface area (Å²) in [6, 6.07) is 8.56. The normalized spacial score (nSPS) is 11.6. The molecule has 0 saturated carbocycles. The molecule has 1 aromatic carbocycles. The van der Waals surface area contributed by atoms with Crippen LogP contribution >= 0.6 is 0 Å². The Hall–Kier alpha value is -1.51. The third-order valence-electron chi connectivity index (χ3n) is 3.92. The molecule has 0 radical (unpaired) electrons. The van der Waals surface area contributed by atoms with Crippen molar-refractivity contribution in [1.29, 1.82) is 0 Å². The van der Waals surface area contributed by atoms with Crippen LogP contribution in [0.25, 0.3) is 0 Å². The van der Waals surface area contributed by atoms with Crippen molar-refractivity contribution in [2.75, 3.05) is 16.8 Å². The van der Waals surface area contributed by atoms with Crippen molar-refractivity contribution in [1.82, 2.24) is 0 Å². The van der Waals surface area contributed by atoms with Gasteiger partial charge in [0.15, 0.2) is 0 Å². The number of hydrogen-bond acceptors (Lipinski definition) is 2. The Kier molecular flexibility index (Phi) is 5.61. The monoisotopic (exact) mass is 276 g/mol. The van der Waals surface area contributed by atoms with Gasteiger partial charge in [-0.25, -0.2) is 0 Å². The number of benzene rings is 1. The third kappa shape index (κ3) is 3.99. The van der Waals surface area contributed by atoms with E-state index < -0.39 is 0 Å². The molecule has 0 atom stereocenters. The minimum Gasteiger partial charge on any atom is -0.369 e. The second-order valence-corrected chi connectivity index (χ2v) is 6.12. The number of hydrogen-bond donors (Lipinski definition) is 1. The molecule has 0 aliphatic carbocycles. The summed E-state index contributed by atoms with van der Waals surface area (Å²) in [5, 5.41) is 2.99. The molecule has 0 aliphatic heterocycles. The number of nitrogens with zero attached hydrogens (tertiary/aromatic N) is 1. The summed E-state index contributed by atoms with van der Waals surface area (Å²) in [5.41, 5.74) is 1.72. The molecule has 0 aromatic heterocycles. The second kappa shape index (κ2) is 6.78. The maximum absolute atomic E-state index is 12.1. The van der Waals surface area contributed by atoms with Gasteiger partial charge < -0.3 is 10.2 Å². The highest BCUT2D eigenvalue weighted by molar-refractivity contribution is 5.94. The molecular formula is C17H28N2O. The summed E-state index contributed by atoms with van der Waals surface area (Å²) < 4.78 is 0. The first-order valence-corrected chi connectivity index (χ1v) is 7.50. The Labute approximate surface area is 123 Å². The van der Waals surface area contributed by atoms with E-state index in [1.165, 1.54) is 5.69 Å². The van der Waals surface area contributed by atoms with Gasteiger partial charge in [-0.15, -0.1) is 0 Å². The highest BCUT2D eigenvalue weighted by atomic mass is 16.2. The van der Waals surface area contributed by atoms with Crippen LogP contribution in [0, 0.1) is 5.41 Å². The number of anilines is 2. The fourth-order valence-corrected chi connectivity index (χ4v) is 2.04. The van der Waals surface area contributed by atoms with E-state index in [9.17, 15) is 4.79 Å². The lowest BCUT2D eigenvalue weighted by molar-refractivity contribution is -0.124. The van der Waals surface area contributed by atoms with Crippen molar-refractivity contribution in [3.8, 4) is 0 Å². The molecule has 1 N–H and O–H groups in total. The highest BCUT2D eigenvalue weighted by Gasteiger charge is 2.25. The van der Waals surface area contributed by atoms with Crippen molar-refractivity contribution in [3.05, 3.63) is 24.3 Å². The molecule has 3 nitrogen and oxygen atoms in total. The molecule has 112 valence electrons. The SMILES string of the molecule is CCN(c1ccc(NC(=O)C(C)(C)CC)cc1)C(C)C. The Bertz CT molecular complexity index is 435. The lowest BCUT2D eigenvalue weighted by Gasteiger charge is -2.28. The molecular weight excluding hydrogens is 248 g/mol. The standard InChI is InChI=1S/C17H28N2O/c1-7-17(5,6)16(20)18-14-9-11-15(12-10-14)19(8-2)13(3)4/h9-13H,7-8H2,1-6H3,(H,18,20).